The van der Waals surface area contributed by atoms with Gasteiger partial charge in [0.1, 0.15) is 16.4 Å². The molecule has 142 valence electrons. The maximum absolute atomic E-state index is 13.9. The molecule has 1 saturated carbocycles. The van der Waals surface area contributed by atoms with Gasteiger partial charge >= 0.3 is 0 Å². The van der Waals surface area contributed by atoms with E-state index < -0.39 is 15.8 Å². The van der Waals surface area contributed by atoms with Gasteiger partial charge in [-0.05, 0) is 38.8 Å². The van der Waals surface area contributed by atoms with E-state index in [0.717, 1.165) is 19.3 Å². The standard InChI is InChI=1S/C18H19FN4O3S/c1-10-15(18-22-21-17(26-18)12-6-5-7-12)20-11(2)16(10)27(24,25)23-14-9-4-3-8-13(14)19/h3-4,8-9,12,20,23H,5-7H2,1-2H3. The Hall–Kier alpha value is -2.68. The summed E-state index contributed by atoms with van der Waals surface area (Å²) in [6, 6.07) is 5.62. The highest BCUT2D eigenvalue weighted by atomic mass is 32.2. The molecule has 27 heavy (non-hydrogen) atoms. The van der Waals surface area contributed by atoms with Crippen molar-refractivity contribution in [3.8, 4) is 11.6 Å². The zero-order valence-corrected chi connectivity index (χ0v) is 15.7. The van der Waals surface area contributed by atoms with Crippen LogP contribution in [-0.4, -0.2) is 23.6 Å². The van der Waals surface area contributed by atoms with Crippen molar-refractivity contribution in [2.75, 3.05) is 4.72 Å². The summed E-state index contributed by atoms with van der Waals surface area (Å²) in [7, 11) is -4.00. The molecule has 2 heterocycles. The van der Waals surface area contributed by atoms with E-state index in [0.29, 0.717) is 22.8 Å². The zero-order chi connectivity index (χ0) is 19.2. The van der Waals surface area contributed by atoms with Crippen molar-refractivity contribution >= 4 is 15.7 Å². The number of aromatic nitrogens is 3. The highest BCUT2D eigenvalue weighted by molar-refractivity contribution is 7.92. The summed E-state index contributed by atoms with van der Waals surface area (Å²) in [6.07, 6.45) is 3.19. The van der Waals surface area contributed by atoms with E-state index in [1.807, 2.05) is 0 Å². The molecule has 0 amide bonds. The van der Waals surface area contributed by atoms with Crippen molar-refractivity contribution in [2.45, 2.75) is 43.9 Å². The molecule has 0 spiro atoms. The minimum atomic E-state index is -4.00. The molecule has 0 unspecified atom stereocenters. The SMILES string of the molecule is Cc1[nH]c(-c2nnc(C3CCC3)o2)c(C)c1S(=O)(=O)Nc1ccccc1F. The summed E-state index contributed by atoms with van der Waals surface area (Å²) in [5.74, 6) is 0.476. The number of nitrogens with zero attached hydrogens (tertiary/aromatic N) is 2. The Morgan fingerprint density at radius 3 is 2.63 bits per heavy atom. The van der Waals surface area contributed by atoms with Gasteiger partial charge in [0, 0.05) is 17.2 Å². The van der Waals surface area contributed by atoms with Crippen molar-refractivity contribution in [1.29, 1.82) is 0 Å². The summed E-state index contributed by atoms with van der Waals surface area (Å²) in [4.78, 5) is 3.06. The second kappa shape index (κ2) is 6.49. The second-order valence-electron chi connectivity index (χ2n) is 6.74. The second-order valence-corrected chi connectivity index (χ2v) is 8.36. The number of sulfonamides is 1. The van der Waals surface area contributed by atoms with Crippen molar-refractivity contribution in [1.82, 2.24) is 15.2 Å². The Kier molecular flexibility index (Phi) is 4.26. The minimum absolute atomic E-state index is 0.0455. The van der Waals surface area contributed by atoms with Crippen LogP contribution >= 0.6 is 0 Å². The number of hydrogen-bond donors (Lipinski definition) is 2. The van der Waals surface area contributed by atoms with Crippen LogP contribution in [0.15, 0.2) is 33.6 Å². The Morgan fingerprint density at radius 2 is 1.96 bits per heavy atom. The number of H-pyrrole nitrogens is 1. The number of benzene rings is 1. The van der Waals surface area contributed by atoms with Crippen molar-refractivity contribution in [3.63, 3.8) is 0 Å². The molecule has 0 aliphatic heterocycles. The monoisotopic (exact) mass is 390 g/mol. The van der Waals surface area contributed by atoms with E-state index in [-0.39, 0.29) is 22.4 Å². The van der Waals surface area contributed by atoms with E-state index in [4.69, 9.17) is 4.42 Å². The number of halogens is 1. The first-order chi connectivity index (χ1) is 12.9. The first-order valence-electron chi connectivity index (χ1n) is 8.67. The lowest BCUT2D eigenvalue weighted by Crippen LogP contribution is -2.15. The van der Waals surface area contributed by atoms with Crippen LogP contribution < -0.4 is 4.72 Å². The first-order valence-corrected chi connectivity index (χ1v) is 10.2. The Balaban J connectivity index is 1.70. The van der Waals surface area contributed by atoms with Crippen molar-refractivity contribution in [2.24, 2.45) is 0 Å². The molecule has 1 aliphatic carbocycles. The number of aryl methyl sites for hydroxylation is 1. The maximum atomic E-state index is 13.9. The van der Waals surface area contributed by atoms with Gasteiger partial charge in [0.2, 0.25) is 5.89 Å². The average Bonchev–Trinajstić information content (AvgIpc) is 3.12. The van der Waals surface area contributed by atoms with Crippen molar-refractivity contribution < 1.29 is 17.2 Å². The normalized spacial score (nSPS) is 14.9. The number of aromatic amines is 1. The number of anilines is 1. The summed E-state index contributed by atoms with van der Waals surface area (Å²) in [5.41, 5.74) is 1.21. The van der Waals surface area contributed by atoms with Gasteiger partial charge in [-0.15, -0.1) is 10.2 Å². The van der Waals surface area contributed by atoms with Gasteiger partial charge in [0.05, 0.1) is 5.69 Å². The summed E-state index contributed by atoms with van der Waals surface area (Å²) >= 11 is 0. The number of rotatable bonds is 5. The van der Waals surface area contributed by atoms with Gasteiger partial charge in [-0.25, -0.2) is 12.8 Å². The van der Waals surface area contributed by atoms with E-state index in [1.165, 1.54) is 18.2 Å². The average molecular weight is 390 g/mol. The lowest BCUT2D eigenvalue weighted by atomic mass is 9.85. The van der Waals surface area contributed by atoms with E-state index in [2.05, 4.69) is 19.9 Å². The Morgan fingerprint density at radius 1 is 1.22 bits per heavy atom. The molecular formula is C18H19FN4O3S. The van der Waals surface area contributed by atoms with Gasteiger partial charge < -0.3 is 9.40 Å². The smallest absolute Gasteiger partial charge is 0.264 e. The van der Waals surface area contributed by atoms with E-state index >= 15 is 0 Å². The predicted octanol–water partition coefficient (Wildman–Crippen LogP) is 3.89. The molecule has 0 bridgehead atoms. The quantitative estimate of drug-likeness (QED) is 0.688. The minimum Gasteiger partial charge on any atom is -0.419 e. The Labute approximate surface area is 156 Å². The third kappa shape index (κ3) is 3.12. The molecule has 1 aliphatic rings. The largest absolute Gasteiger partial charge is 0.419 e. The maximum Gasteiger partial charge on any atom is 0.264 e. The van der Waals surface area contributed by atoms with Crippen LogP contribution in [0.25, 0.3) is 11.6 Å². The molecule has 1 aromatic carbocycles. The van der Waals surface area contributed by atoms with Gasteiger partial charge in [-0.3, -0.25) is 4.72 Å². The zero-order valence-electron chi connectivity index (χ0n) is 14.9. The predicted molar refractivity (Wildman–Crippen MR) is 97.4 cm³/mol. The van der Waals surface area contributed by atoms with Gasteiger partial charge in [-0.2, -0.15) is 0 Å². The fourth-order valence-electron chi connectivity index (χ4n) is 3.25. The molecule has 0 saturated heterocycles. The molecule has 0 atom stereocenters. The summed E-state index contributed by atoms with van der Waals surface area (Å²) in [5, 5.41) is 8.15. The number of hydrogen-bond acceptors (Lipinski definition) is 5. The van der Waals surface area contributed by atoms with E-state index in [1.54, 1.807) is 19.9 Å². The van der Waals surface area contributed by atoms with Crippen LogP contribution in [-0.2, 0) is 10.0 Å². The van der Waals surface area contributed by atoms with Crippen LogP contribution in [0.3, 0.4) is 0 Å². The Bertz CT molecular complexity index is 1100. The highest BCUT2D eigenvalue weighted by Crippen LogP contribution is 2.37. The molecule has 0 radical (unpaired) electrons. The molecule has 2 aromatic heterocycles. The fourth-order valence-corrected chi connectivity index (χ4v) is 4.76. The lowest BCUT2D eigenvalue weighted by Gasteiger charge is -2.20. The van der Waals surface area contributed by atoms with Crippen LogP contribution in [0, 0.1) is 19.7 Å². The van der Waals surface area contributed by atoms with Crippen LogP contribution in [0.5, 0.6) is 0 Å². The molecule has 9 heteroatoms. The van der Waals surface area contributed by atoms with E-state index in [9.17, 15) is 12.8 Å². The van der Waals surface area contributed by atoms with Gasteiger partial charge in [-0.1, -0.05) is 18.6 Å². The van der Waals surface area contributed by atoms with Crippen LogP contribution in [0.4, 0.5) is 10.1 Å². The van der Waals surface area contributed by atoms with Crippen LogP contribution in [0.2, 0.25) is 0 Å². The highest BCUT2D eigenvalue weighted by Gasteiger charge is 2.29. The first kappa shape index (κ1) is 17.7. The molecule has 1 fully saturated rings. The third-order valence-corrected chi connectivity index (χ3v) is 6.50. The number of para-hydroxylation sites is 1. The molecule has 2 N–H and O–H groups in total. The molecule has 7 nitrogen and oxygen atoms in total. The number of nitrogens with one attached hydrogen (secondary N) is 2. The van der Waals surface area contributed by atoms with Crippen LogP contribution in [0.1, 0.15) is 42.3 Å². The third-order valence-electron chi connectivity index (χ3n) is 4.86. The lowest BCUT2D eigenvalue weighted by molar-refractivity contribution is 0.338. The van der Waals surface area contributed by atoms with Gasteiger partial charge in [0.15, 0.2) is 0 Å². The fraction of sp³-hybridized carbons (Fsp3) is 0.333. The van der Waals surface area contributed by atoms with Gasteiger partial charge in [0.25, 0.3) is 15.9 Å². The molecule has 3 aromatic rings. The summed E-state index contributed by atoms with van der Waals surface area (Å²) in [6.45, 7) is 3.29. The molecule has 4 rings (SSSR count). The summed E-state index contributed by atoms with van der Waals surface area (Å²) < 4.78 is 47.6. The van der Waals surface area contributed by atoms with Crippen molar-refractivity contribution in [3.05, 3.63) is 47.2 Å². The molecular weight excluding hydrogens is 371 g/mol. The topological polar surface area (TPSA) is 101 Å².